The first-order valence-corrected chi connectivity index (χ1v) is 8.04. The maximum absolute atomic E-state index is 11.8. The Morgan fingerprint density at radius 3 is 2.57 bits per heavy atom. The number of esters is 1. The van der Waals surface area contributed by atoms with Crippen molar-refractivity contribution in [2.75, 3.05) is 6.61 Å². The minimum Gasteiger partial charge on any atom is -0.466 e. The number of allylic oxidation sites excluding steroid dienone is 2. The zero-order valence-electron chi connectivity index (χ0n) is 13.9. The quantitative estimate of drug-likeness (QED) is 0.589. The highest BCUT2D eigenvalue weighted by Gasteiger charge is 2.54. The van der Waals surface area contributed by atoms with Crippen LogP contribution in [0.1, 0.15) is 60.3 Å². The van der Waals surface area contributed by atoms with E-state index in [1.54, 1.807) is 0 Å². The number of carbonyl (C=O) groups is 1. The number of rotatable bonds is 4. The lowest BCUT2D eigenvalue weighted by Gasteiger charge is -2.35. The third kappa shape index (κ3) is 3.19. The van der Waals surface area contributed by atoms with Crippen molar-refractivity contribution in [2.45, 2.75) is 71.5 Å². The minimum atomic E-state index is -0.300. The van der Waals surface area contributed by atoms with E-state index in [0.717, 1.165) is 25.7 Å². The van der Waals surface area contributed by atoms with Crippen molar-refractivity contribution < 1.29 is 18.8 Å². The molecule has 1 aliphatic heterocycles. The van der Waals surface area contributed by atoms with Gasteiger partial charge in [0.25, 0.3) is 0 Å². The zero-order chi connectivity index (χ0) is 15.7. The van der Waals surface area contributed by atoms with Crippen molar-refractivity contribution in [1.29, 1.82) is 0 Å². The van der Waals surface area contributed by atoms with Crippen LogP contribution >= 0.6 is 0 Å². The van der Waals surface area contributed by atoms with Crippen LogP contribution in [0.4, 0.5) is 0 Å². The molecule has 1 fully saturated rings. The van der Waals surface area contributed by atoms with E-state index in [4.69, 9.17) is 14.0 Å². The van der Waals surface area contributed by atoms with E-state index in [9.17, 15) is 4.79 Å². The molecule has 118 valence electrons. The Morgan fingerprint density at radius 1 is 1.38 bits per heavy atom. The molecular weight excluding hydrogens is 267 g/mol. The molecule has 2 rings (SSSR count). The maximum atomic E-state index is 11.8. The molecule has 0 saturated carbocycles. The Hall–Kier alpha value is -0.805. The van der Waals surface area contributed by atoms with Crippen molar-refractivity contribution in [3.05, 3.63) is 11.5 Å². The predicted octanol–water partition coefficient (Wildman–Crippen LogP) is 3.30. The average molecular weight is 294 g/mol. The van der Waals surface area contributed by atoms with Gasteiger partial charge in [-0.25, -0.2) is 0 Å². The molecule has 2 aliphatic rings. The van der Waals surface area contributed by atoms with Crippen LogP contribution in [0.3, 0.4) is 0 Å². The number of hydrogen-bond acceptors (Lipinski definition) is 4. The van der Waals surface area contributed by atoms with Gasteiger partial charge in [0.15, 0.2) is 0 Å². The van der Waals surface area contributed by atoms with E-state index in [2.05, 4.69) is 33.8 Å². The van der Waals surface area contributed by atoms with Crippen LogP contribution in [0.15, 0.2) is 11.5 Å². The first-order valence-electron chi connectivity index (χ1n) is 8.04. The average Bonchev–Trinajstić information content (AvgIpc) is 2.70. The molecule has 1 aliphatic carbocycles. The second-order valence-electron chi connectivity index (χ2n) is 6.66. The number of ether oxygens (including phenoxy) is 1. The number of carbonyl (C=O) groups excluding carboxylic acids is 1. The van der Waals surface area contributed by atoms with Gasteiger partial charge in [0.05, 0.1) is 23.7 Å². The molecule has 1 heterocycles. The van der Waals surface area contributed by atoms with Crippen molar-refractivity contribution in [1.82, 2.24) is 0 Å². The van der Waals surface area contributed by atoms with Gasteiger partial charge < -0.3 is 14.0 Å². The van der Waals surface area contributed by atoms with Gasteiger partial charge in [-0.1, -0.05) is 13.0 Å². The lowest BCUT2D eigenvalue weighted by molar-refractivity contribution is -0.148. The lowest BCUT2D eigenvalue weighted by Crippen LogP contribution is -2.44. The van der Waals surface area contributed by atoms with E-state index in [-0.39, 0.29) is 30.2 Å². The fourth-order valence-corrected chi connectivity index (χ4v) is 3.00. The van der Waals surface area contributed by atoms with Crippen LogP contribution in [-0.2, 0) is 18.8 Å². The summed E-state index contributed by atoms with van der Waals surface area (Å²) in [6.07, 6.45) is 5.39. The van der Waals surface area contributed by atoms with E-state index < -0.39 is 0 Å². The van der Waals surface area contributed by atoms with Gasteiger partial charge in [-0.2, -0.15) is 0 Å². The molecule has 5 heteroatoms. The predicted molar refractivity (Wildman–Crippen MR) is 82.8 cm³/mol. The van der Waals surface area contributed by atoms with Gasteiger partial charge in [0, 0.05) is 0 Å². The van der Waals surface area contributed by atoms with Gasteiger partial charge in [-0.3, -0.25) is 4.79 Å². The van der Waals surface area contributed by atoms with Gasteiger partial charge >= 0.3 is 13.1 Å². The van der Waals surface area contributed by atoms with Crippen LogP contribution in [0.5, 0.6) is 0 Å². The fourth-order valence-electron chi connectivity index (χ4n) is 3.00. The molecule has 0 aromatic heterocycles. The van der Waals surface area contributed by atoms with Crippen LogP contribution in [-0.4, -0.2) is 30.9 Å². The molecule has 1 saturated heterocycles. The topological polar surface area (TPSA) is 44.8 Å². The first-order chi connectivity index (χ1) is 9.83. The summed E-state index contributed by atoms with van der Waals surface area (Å²) in [4.78, 5) is 11.8. The molecular formula is C16H27BO4. The Balaban J connectivity index is 2.01. The highest BCUT2D eigenvalue weighted by molar-refractivity contribution is 6.54. The van der Waals surface area contributed by atoms with Crippen LogP contribution in [0, 0.1) is 5.92 Å². The second-order valence-corrected chi connectivity index (χ2v) is 6.66. The number of hydrogen-bond donors (Lipinski definition) is 0. The van der Waals surface area contributed by atoms with Crippen molar-refractivity contribution in [3.8, 4) is 0 Å². The second kappa shape index (κ2) is 6.13. The Kier molecular flexibility index (Phi) is 4.84. The Labute approximate surface area is 128 Å². The molecule has 0 aromatic carbocycles. The summed E-state index contributed by atoms with van der Waals surface area (Å²) in [5.74, 6) is -0.0968. The highest BCUT2D eigenvalue weighted by atomic mass is 16.7. The first kappa shape index (κ1) is 16.6. The molecule has 0 aromatic rings. The Morgan fingerprint density at radius 2 is 2.10 bits per heavy atom. The summed E-state index contributed by atoms with van der Waals surface area (Å²) in [5, 5.41) is 0. The van der Waals surface area contributed by atoms with Gasteiger partial charge in [0.2, 0.25) is 0 Å². The summed E-state index contributed by atoms with van der Waals surface area (Å²) < 4.78 is 17.4. The summed E-state index contributed by atoms with van der Waals surface area (Å²) in [7, 11) is -0.270. The van der Waals surface area contributed by atoms with Gasteiger partial charge in [0.1, 0.15) is 0 Å². The summed E-state index contributed by atoms with van der Waals surface area (Å²) in [6.45, 7) is 10.7. The molecule has 0 amide bonds. The SMILES string of the molecule is CCOC(=O)C1CC=C(B2OC(C)(C)C(C)(CC)O2)CC1. The molecule has 4 nitrogen and oxygen atoms in total. The van der Waals surface area contributed by atoms with E-state index in [0.29, 0.717) is 6.61 Å². The molecule has 2 atom stereocenters. The fraction of sp³-hybridized carbons (Fsp3) is 0.812. The normalized spacial score (nSPS) is 32.0. The van der Waals surface area contributed by atoms with Crippen LogP contribution in [0.2, 0.25) is 0 Å². The molecule has 0 radical (unpaired) electrons. The smallest absolute Gasteiger partial charge is 0.466 e. The maximum Gasteiger partial charge on any atom is 0.490 e. The van der Waals surface area contributed by atoms with Crippen molar-refractivity contribution in [3.63, 3.8) is 0 Å². The third-order valence-corrected chi connectivity index (χ3v) is 5.09. The van der Waals surface area contributed by atoms with Crippen LogP contribution < -0.4 is 0 Å². The summed E-state index contributed by atoms with van der Waals surface area (Å²) >= 11 is 0. The van der Waals surface area contributed by atoms with E-state index >= 15 is 0 Å². The highest BCUT2D eigenvalue weighted by Crippen LogP contribution is 2.42. The molecule has 0 bridgehead atoms. The summed E-state index contributed by atoms with van der Waals surface area (Å²) in [6, 6.07) is 0. The molecule has 0 spiro atoms. The van der Waals surface area contributed by atoms with Crippen molar-refractivity contribution >= 4 is 13.1 Å². The van der Waals surface area contributed by atoms with Gasteiger partial charge in [-0.15, -0.1) is 0 Å². The zero-order valence-corrected chi connectivity index (χ0v) is 13.9. The molecule has 2 unspecified atom stereocenters. The van der Waals surface area contributed by atoms with E-state index in [1.165, 1.54) is 5.47 Å². The molecule has 0 N–H and O–H groups in total. The minimum absolute atomic E-state index is 0.0133. The monoisotopic (exact) mass is 294 g/mol. The summed E-state index contributed by atoms with van der Waals surface area (Å²) in [5.41, 5.74) is 0.600. The molecule has 21 heavy (non-hydrogen) atoms. The lowest BCUT2D eigenvalue weighted by atomic mass is 9.70. The van der Waals surface area contributed by atoms with Crippen molar-refractivity contribution in [2.24, 2.45) is 5.92 Å². The third-order valence-electron chi connectivity index (χ3n) is 5.09. The standard InChI is InChI=1S/C16H27BO4/c1-6-16(5)15(3,4)20-17(21-16)13-10-8-12(9-11-13)14(18)19-7-2/h10,12H,6-9,11H2,1-5H3. The van der Waals surface area contributed by atoms with E-state index in [1.807, 2.05) is 6.92 Å². The van der Waals surface area contributed by atoms with Gasteiger partial charge in [-0.05, 0) is 58.9 Å². The Bertz CT molecular complexity index is 432. The van der Waals surface area contributed by atoms with Crippen LogP contribution in [0.25, 0.3) is 0 Å². The largest absolute Gasteiger partial charge is 0.490 e.